The van der Waals surface area contributed by atoms with Crippen LogP contribution in [0.4, 0.5) is 4.79 Å². The molecule has 0 aliphatic carbocycles. The minimum Gasteiger partial charge on any atom is -0.444 e. The lowest BCUT2D eigenvalue weighted by Gasteiger charge is -2.42. The molecule has 0 spiro atoms. The quantitative estimate of drug-likeness (QED) is 0.662. The first-order chi connectivity index (χ1) is 14.5. The van der Waals surface area contributed by atoms with Gasteiger partial charge in [-0.2, -0.15) is 0 Å². The summed E-state index contributed by atoms with van der Waals surface area (Å²) < 4.78 is 16.7. The Hall–Kier alpha value is -1.54. The van der Waals surface area contributed by atoms with Crippen molar-refractivity contribution in [3.63, 3.8) is 0 Å². The van der Waals surface area contributed by atoms with Gasteiger partial charge >= 0.3 is 6.09 Å². The number of hydrogen-bond donors (Lipinski definition) is 0. The molecule has 0 saturated carbocycles. The van der Waals surface area contributed by atoms with Crippen LogP contribution in [-0.4, -0.2) is 73.0 Å². The maximum Gasteiger partial charge on any atom is 0.410 e. The molecular formula is C22H30Cl2N2O5. The summed E-state index contributed by atoms with van der Waals surface area (Å²) in [5, 5.41) is 1.13. The van der Waals surface area contributed by atoms with E-state index in [1.54, 1.807) is 18.1 Å². The van der Waals surface area contributed by atoms with Crippen LogP contribution in [0.1, 0.15) is 44.9 Å². The first kappa shape index (κ1) is 24.1. The van der Waals surface area contributed by atoms with E-state index in [2.05, 4.69) is 0 Å². The van der Waals surface area contributed by atoms with E-state index in [-0.39, 0.29) is 25.1 Å². The molecule has 1 aromatic rings. The molecule has 0 N–H and O–H groups in total. The normalized spacial score (nSPS) is 24.0. The number of methoxy groups -OCH3 is 1. The molecule has 3 atom stereocenters. The lowest BCUT2D eigenvalue weighted by atomic mass is 9.93. The van der Waals surface area contributed by atoms with E-state index in [4.69, 9.17) is 37.4 Å². The van der Waals surface area contributed by atoms with Gasteiger partial charge in [-0.25, -0.2) is 4.79 Å². The van der Waals surface area contributed by atoms with Gasteiger partial charge in [0.25, 0.3) is 5.91 Å². The zero-order chi connectivity index (χ0) is 22.9. The number of nitrogens with zero attached hydrogens (tertiary/aromatic N) is 2. The Kier molecular flexibility index (Phi) is 7.41. The summed E-state index contributed by atoms with van der Waals surface area (Å²) >= 11 is 12.6. The second-order valence-electron chi connectivity index (χ2n) is 9.01. The Labute approximate surface area is 193 Å². The van der Waals surface area contributed by atoms with E-state index in [1.807, 2.05) is 33.8 Å². The van der Waals surface area contributed by atoms with Crippen molar-refractivity contribution in [3.8, 4) is 0 Å². The molecule has 172 valence electrons. The summed E-state index contributed by atoms with van der Waals surface area (Å²) in [5.41, 5.74) is 1.32. The van der Waals surface area contributed by atoms with Crippen LogP contribution in [0.2, 0.25) is 10.0 Å². The van der Waals surface area contributed by atoms with Crippen LogP contribution in [0.25, 0.3) is 0 Å². The molecule has 0 bridgehead atoms. The van der Waals surface area contributed by atoms with Crippen LogP contribution < -0.4 is 0 Å². The molecule has 31 heavy (non-hydrogen) atoms. The van der Waals surface area contributed by atoms with Crippen LogP contribution in [0.5, 0.6) is 0 Å². The number of hydrogen-bond acceptors (Lipinski definition) is 5. The van der Waals surface area contributed by atoms with Crippen LogP contribution in [0, 0.1) is 0 Å². The predicted molar refractivity (Wildman–Crippen MR) is 119 cm³/mol. The zero-order valence-corrected chi connectivity index (χ0v) is 20.1. The first-order valence-electron chi connectivity index (χ1n) is 10.4. The summed E-state index contributed by atoms with van der Waals surface area (Å²) in [6.45, 7) is 8.58. The summed E-state index contributed by atoms with van der Waals surface area (Å²) in [6.07, 6.45) is -1.05. The molecule has 9 heteroatoms. The van der Waals surface area contributed by atoms with Crippen LogP contribution in [0.15, 0.2) is 12.1 Å². The van der Waals surface area contributed by atoms with Gasteiger partial charge in [0, 0.05) is 23.7 Å². The predicted octanol–water partition coefficient (Wildman–Crippen LogP) is 4.09. The Bertz CT molecular complexity index is 842. The average Bonchev–Trinajstić information content (AvgIpc) is 2.66. The molecule has 3 rings (SSSR count). The number of carbonyl (C=O) groups is 2. The fraction of sp³-hybridized carbons (Fsp3) is 0.636. The summed E-state index contributed by atoms with van der Waals surface area (Å²) in [5.74, 6) is -0.182. The van der Waals surface area contributed by atoms with E-state index >= 15 is 0 Å². The van der Waals surface area contributed by atoms with Crippen LogP contribution in [0.3, 0.4) is 0 Å². The Morgan fingerprint density at radius 3 is 2.58 bits per heavy atom. The summed E-state index contributed by atoms with van der Waals surface area (Å²) in [7, 11) is 1.56. The van der Waals surface area contributed by atoms with Crippen LogP contribution in [-0.2, 0) is 25.4 Å². The SMILES string of the molecule is COC[C@@H]1CN(C(=O)OC(C)(C)C)C[C@H](C(=O)N2CCc3cc(Cl)cc(Cl)c3[C@@H]2C)O1. The van der Waals surface area contributed by atoms with Gasteiger partial charge in [-0.3, -0.25) is 4.79 Å². The minimum absolute atomic E-state index is 0.123. The number of rotatable bonds is 3. The van der Waals surface area contributed by atoms with E-state index in [0.29, 0.717) is 29.6 Å². The molecule has 2 heterocycles. The van der Waals surface area contributed by atoms with Gasteiger partial charge in [-0.05, 0) is 57.4 Å². The van der Waals surface area contributed by atoms with Gasteiger partial charge in [-0.15, -0.1) is 0 Å². The fourth-order valence-corrected chi connectivity index (χ4v) is 4.81. The van der Waals surface area contributed by atoms with Crippen molar-refractivity contribution >= 4 is 35.2 Å². The van der Waals surface area contributed by atoms with Crippen molar-refractivity contribution < 1.29 is 23.8 Å². The highest BCUT2D eigenvalue weighted by molar-refractivity contribution is 6.35. The summed E-state index contributed by atoms with van der Waals surface area (Å²) in [4.78, 5) is 29.4. The monoisotopic (exact) mass is 472 g/mol. The summed E-state index contributed by atoms with van der Waals surface area (Å²) in [6, 6.07) is 3.36. The lowest BCUT2D eigenvalue weighted by molar-refractivity contribution is -0.163. The highest BCUT2D eigenvalue weighted by Crippen LogP contribution is 2.37. The number of amides is 2. The standard InChI is InChI=1S/C22H30Cl2N2O5/c1-13-19-14(8-15(23)9-17(19)24)6-7-26(13)20(27)18-11-25(10-16(30-18)12-29-5)21(28)31-22(2,3)4/h8-9,13,16,18H,6-7,10-12H2,1-5H3/t13-,16-,18+/m0/s1. The van der Waals surface area contributed by atoms with Gasteiger partial charge in [0.2, 0.25) is 0 Å². The van der Waals surface area contributed by atoms with Gasteiger partial charge in [0.05, 0.1) is 31.8 Å². The van der Waals surface area contributed by atoms with Gasteiger partial charge in [-0.1, -0.05) is 23.2 Å². The molecule has 1 saturated heterocycles. The topological polar surface area (TPSA) is 68.3 Å². The van der Waals surface area contributed by atoms with Crippen LogP contribution >= 0.6 is 23.2 Å². The number of carbonyl (C=O) groups excluding carboxylic acids is 2. The molecule has 1 fully saturated rings. The fourth-order valence-electron chi connectivity index (χ4n) is 4.12. The van der Waals surface area contributed by atoms with Crippen molar-refractivity contribution in [3.05, 3.63) is 33.3 Å². The third-order valence-corrected chi connectivity index (χ3v) is 5.95. The third kappa shape index (κ3) is 5.64. The minimum atomic E-state index is -0.809. The second kappa shape index (κ2) is 9.53. The van der Waals surface area contributed by atoms with Crippen molar-refractivity contribution in [2.45, 2.75) is 58.0 Å². The molecule has 0 radical (unpaired) electrons. The molecule has 7 nitrogen and oxygen atoms in total. The van der Waals surface area contributed by atoms with Gasteiger partial charge in [0.1, 0.15) is 5.60 Å². The number of fused-ring (bicyclic) bond motifs is 1. The average molecular weight is 473 g/mol. The molecule has 2 aliphatic heterocycles. The zero-order valence-electron chi connectivity index (χ0n) is 18.6. The number of benzene rings is 1. The van der Waals surface area contributed by atoms with E-state index in [1.165, 1.54) is 4.90 Å². The highest BCUT2D eigenvalue weighted by Gasteiger charge is 2.40. The second-order valence-corrected chi connectivity index (χ2v) is 9.85. The number of halogens is 2. The molecule has 2 amide bonds. The van der Waals surface area contributed by atoms with Crippen molar-refractivity contribution in [1.82, 2.24) is 9.80 Å². The molecule has 2 aliphatic rings. The Morgan fingerprint density at radius 1 is 1.23 bits per heavy atom. The van der Waals surface area contributed by atoms with E-state index in [0.717, 1.165) is 11.1 Å². The Morgan fingerprint density at radius 2 is 1.94 bits per heavy atom. The van der Waals surface area contributed by atoms with E-state index < -0.39 is 23.9 Å². The number of ether oxygens (including phenoxy) is 3. The van der Waals surface area contributed by atoms with Crippen molar-refractivity contribution in [1.29, 1.82) is 0 Å². The molecule has 0 unspecified atom stereocenters. The molecule has 0 aromatic heterocycles. The first-order valence-corrected chi connectivity index (χ1v) is 11.2. The maximum absolute atomic E-state index is 13.5. The third-order valence-electron chi connectivity index (χ3n) is 5.42. The Balaban J connectivity index is 1.79. The van der Waals surface area contributed by atoms with E-state index in [9.17, 15) is 9.59 Å². The highest BCUT2D eigenvalue weighted by atomic mass is 35.5. The molecular weight excluding hydrogens is 443 g/mol. The maximum atomic E-state index is 13.5. The number of morpholine rings is 1. The van der Waals surface area contributed by atoms with Gasteiger partial charge < -0.3 is 24.0 Å². The molecule has 1 aromatic carbocycles. The van der Waals surface area contributed by atoms with Crippen molar-refractivity contribution in [2.75, 3.05) is 33.4 Å². The largest absolute Gasteiger partial charge is 0.444 e. The van der Waals surface area contributed by atoms with Gasteiger partial charge in [0.15, 0.2) is 6.10 Å². The van der Waals surface area contributed by atoms with Crippen molar-refractivity contribution in [2.24, 2.45) is 0 Å². The lowest BCUT2D eigenvalue weighted by Crippen LogP contribution is -2.58. The smallest absolute Gasteiger partial charge is 0.410 e.